The number of rotatable bonds is 3. The van der Waals surface area contributed by atoms with Crippen molar-refractivity contribution in [3.63, 3.8) is 0 Å². The molecule has 0 saturated heterocycles. The maximum absolute atomic E-state index is 12.8. The van der Waals surface area contributed by atoms with Gasteiger partial charge in [0.1, 0.15) is 11.9 Å². The molecule has 0 bridgehead atoms. The monoisotopic (exact) mass is 231 g/mol. The summed E-state index contributed by atoms with van der Waals surface area (Å²) >= 11 is 0. The lowest BCUT2D eigenvalue weighted by atomic mass is 10.1. The highest BCUT2D eigenvalue weighted by Gasteiger charge is 2.09. The summed E-state index contributed by atoms with van der Waals surface area (Å²) in [7, 11) is -4.53. The molecule has 0 radical (unpaired) electrons. The first-order chi connectivity index (χ1) is 6.92. The molecule has 0 spiro atoms. The molecule has 3 nitrogen and oxygen atoms in total. The topological polar surface area (TPSA) is 57.9 Å². The van der Waals surface area contributed by atoms with Gasteiger partial charge in [-0.05, 0) is 24.1 Å². The molecule has 0 aliphatic heterocycles. The zero-order valence-electron chi connectivity index (χ0n) is 7.57. The van der Waals surface area contributed by atoms with Crippen LogP contribution in [0.15, 0.2) is 18.2 Å². The first-order valence-electron chi connectivity index (χ1n) is 4.03. The van der Waals surface area contributed by atoms with E-state index in [0.717, 1.165) is 6.07 Å². The molecular weight excluding hydrogens is 224 g/mol. The van der Waals surface area contributed by atoms with Crippen LogP contribution in [0.5, 0.6) is 0 Å². The molecule has 1 aromatic rings. The van der Waals surface area contributed by atoms with Gasteiger partial charge in [-0.15, -0.1) is 3.89 Å². The van der Waals surface area contributed by atoms with Crippen LogP contribution in [0.1, 0.15) is 11.1 Å². The Morgan fingerprint density at radius 1 is 1.40 bits per heavy atom. The van der Waals surface area contributed by atoms with Crippen LogP contribution in [0, 0.1) is 17.1 Å². The molecule has 0 unspecified atom stereocenters. The maximum Gasteiger partial charge on any atom is 0.302 e. The van der Waals surface area contributed by atoms with E-state index in [1.54, 1.807) is 6.07 Å². The lowest BCUT2D eigenvalue weighted by Crippen LogP contribution is -2.02. The van der Waals surface area contributed by atoms with E-state index in [9.17, 15) is 16.7 Å². The van der Waals surface area contributed by atoms with Crippen LogP contribution in [0.25, 0.3) is 0 Å². The second kappa shape index (κ2) is 4.36. The number of halogens is 2. The van der Waals surface area contributed by atoms with E-state index in [2.05, 4.69) is 0 Å². The molecule has 0 N–H and O–H groups in total. The van der Waals surface area contributed by atoms with Crippen molar-refractivity contribution in [2.24, 2.45) is 0 Å². The van der Waals surface area contributed by atoms with Crippen molar-refractivity contribution >= 4 is 10.2 Å². The predicted octanol–water partition coefficient (Wildman–Crippen LogP) is 1.54. The Balaban J connectivity index is 2.85. The Morgan fingerprint density at radius 3 is 2.60 bits per heavy atom. The molecule has 0 aromatic heterocycles. The maximum atomic E-state index is 12.8. The Kier molecular flexibility index (Phi) is 3.37. The van der Waals surface area contributed by atoms with Crippen molar-refractivity contribution in [1.82, 2.24) is 0 Å². The summed E-state index contributed by atoms with van der Waals surface area (Å²) in [6, 6.07) is 5.20. The zero-order valence-corrected chi connectivity index (χ0v) is 8.39. The number of hydrogen-bond acceptors (Lipinski definition) is 3. The van der Waals surface area contributed by atoms with Gasteiger partial charge < -0.3 is 0 Å². The van der Waals surface area contributed by atoms with Crippen LogP contribution in [0.2, 0.25) is 0 Å². The van der Waals surface area contributed by atoms with Crippen LogP contribution in [0.4, 0.5) is 8.28 Å². The van der Waals surface area contributed by atoms with E-state index in [1.165, 1.54) is 12.1 Å². The van der Waals surface area contributed by atoms with E-state index in [-0.39, 0.29) is 12.0 Å². The molecule has 6 heteroatoms. The molecule has 0 atom stereocenters. The fourth-order valence-corrected chi connectivity index (χ4v) is 1.53. The molecular formula is C9H7F2NO2S. The molecule has 1 aromatic carbocycles. The molecule has 0 amide bonds. The van der Waals surface area contributed by atoms with Gasteiger partial charge in [0, 0.05) is 0 Å². The Bertz CT molecular complexity index is 505. The standard InChI is InChI=1S/C9H7F2NO2S/c10-9-2-1-7(5-8(9)6-12)3-4-15(11,13)14/h1-2,5H,3-4H2. The van der Waals surface area contributed by atoms with Gasteiger partial charge in [-0.3, -0.25) is 0 Å². The fourth-order valence-electron chi connectivity index (χ4n) is 1.05. The minimum atomic E-state index is -4.53. The summed E-state index contributed by atoms with van der Waals surface area (Å²) < 4.78 is 45.4. The third-order valence-electron chi connectivity index (χ3n) is 1.79. The van der Waals surface area contributed by atoms with E-state index in [0.29, 0.717) is 5.56 Å². The SMILES string of the molecule is N#Cc1cc(CCS(=O)(=O)F)ccc1F. The average Bonchev–Trinajstić information content (AvgIpc) is 2.15. The minimum absolute atomic E-state index is 0.0756. The van der Waals surface area contributed by atoms with Crippen LogP contribution < -0.4 is 0 Å². The van der Waals surface area contributed by atoms with E-state index < -0.39 is 21.8 Å². The summed E-state index contributed by atoms with van der Waals surface area (Å²) in [6.45, 7) is 0. The smallest absolute Gasteiger partial charge is 0.206 e. The van der Waals surface area contributed by atoms with Crippen molar-refractivity contribution in [2.75, 3.05) is 5.75 Å². The third kappa shape index (κ3) is 3.64. The summed E-state index contributed by atoms with van der Waals surface area (Å²) in [5.41, 5.74) is 0.234. The quantitative estimate of drug-likeness (QED) is 0.741. The lowest BCUT2D eigenvalue weighted by molar-refractivity contribution is 0.551. The summed E-state index contributed by atoms with van der Waals surface area (Å²) in [5, 5.41) is 8.49. The molecule has 80 valence electrons. The van der Waals surface area contributed by atoms with E-state index in [1.807, 2.05) is 0 Å². The molecule has 0 saturated carbocycles. The van der Waals surface area contributed by atoms with Gasteiger partial charge in [0.25, 0.3) is 0 Å². The van der Waals surface area contributed by atoms with Crippen molar-refractivity contribution in [3.8, 4) is 6.07 Å². The van der Waals surface area contributed by atoms with Crippen LogP contribution in [-0.4, -0.2) is 14.2 Å². The van der Waals surface area contributed by atoms with E-state index in [4.69, 9.17) is 5.26 Å². The minimum Gasteiger partial charge on any atom is -0.206 e. The Labute approximate surface area is 86.2 Å². The molecule has 0 aliphatic carbocycles. The lowest BCUT2D eigenvalue weighted by Gasteiger charge is -1.99. The van der Waals surface area contributed by atoms with Crippen LogP contribution in [0.3, 0.4) is 0 Å². The fraction of sp³-hybridized carbons (Fsp3) is 0.222. The van der Waals surface area contributed by atoms with Gasteiger partial charge in [0.15, 0.2) is 0 Å². The summed E-state index contributed by atoms with van der Waals surface area (Å²) in [5.74, 6) is -1.34. The first kappa shape index (κ1) is 11.6. The van der Waals surface area contributed by atoms with Crippen molar-refractivity contribution in [1.29, 1.82) is 5.26 Å². The second-order valence-electron chi connectivity index (χ2n) is 2.92. The number of nitriles is 1. The Hall–Kier alpha value is -1.48. The van der Waals surface area contributed by atoms with Gasteiger partial charge in [0.05, 0.1) is 11.3 Å². The number of aryl methyl sites for hydroxylation is 1. The summed E-state index contributed by atoms with van der Waals surface area (Å²) in [6.07, 6.45) is -0.0756. The summed E-state index contributed by atoms with van der Waals surface area (Å²) in [4.78, 5) is 0. The van der Waals surface area contributed by atoms with Crippen molar-refractivity contribution in [3.05, 3.63) is 35.1 Å². The number of nitrogens with zero attached hydrogens (tertiary/aromatic N) is 1. The van der Waals surface area contributed by atoms with Gasteiger partial charge in [-0.1, -0.05) is 6.07 Å². The van der Waals surface area contributed by atoms with Crippen molar-refractivity contribution < 1.29 is 16.7 Å². The normalized spacial score (nSPS) is 11.0. The highest BCUT2D eigenvalue weighted by atomic mass is 32.3. The predicted molar refractivity (Wildman–Crippen MR) is 49.7 cm³/mol. The van der Waals surface area contributed by atoms with Gasteiger partial charge in [-0.25, -0.2) is 4.39 Å². The largest absolute Gasteiger partial charge is 0.302 e. The molecule has 15 heavy (non-hydrogen) atoms. The highest BCUT2D eigenvalue weighted by molar-refractivity contribution is 7.86. The molecule has 1 rings (SSSR count). The number of benzene rings is 1. The van der Waals surface area contributed by atoms with E-state index >= 15 is 0 Å². The second-order valence-corrected chi connectivity index (χ2v) is 4.40. The van der Waals surface area contributed by atoms with Crippen molar-refractivity contribution in [2.45, 2.75) is 6.42 Å². The average molecular weight is 231 g/mol. The molecule has 0 aliphatic rings. The number of hydrogen-bond donors (Lipinski definition) is 0. The van der Waals surface area contributed by atoms with Gasteiger partial charge in [0.2, 0.25) is 0 Å². The Morgan fingerprint density at radius 2 is 2.07 bits per heavy atom. The molecule has 0 fully saturated rings. The van der Waals surface area contributed by atoms with Gasteiger partial charge in [-0.2, -0.15) is 13.7 Å². The third-order valence-corrected chi connectivity index (χ3v) is 2.48. The highest BCUT2D eigenvalue weighted by Crippen LogP contribution is 2.11. The first-order valence-corrected chi connectivity index (χ1v) is 5.58. The zero-order chi connectivity index (χ0) is 11.5. The molecule has 0 heterocycles. The van der Waals surface area contributed by atoms with Crippen LogP contribution >= 0.6 is 0 Å². The van der Waals surface area contributed by atoms with Gasteiger partial charge >= 0.3 is 10.2 Å². The van der Waals surface area contributed by atoms with Crippen LogP contribution in [-0.2, 0) is 16.6 Å².